The molecule has 0 aromatic carbocycles. The number of hydrogen-bond acceptors (Lipinski definition) is 3. The highest BCUT2D eigenvalue weighted by Crippen LogP contribution is 2.17. The lowest BCUT2D eigenvalue weighted by Gasteiger charge is -2.30. The Bertz CT molecular complexity index is 228. The van der Waals surface area contributed by atoms with E-state index in [9.17, 15) is 0 Å². The SMILES string of the molecule is CCO[Si](C)(C)CCCCCC[SiH2]C(N(C)C)N(C)C. The fraction of sp³-hybridized carbons (Fsp3) is 1.00. The van der Waals surface area contributed by atoms with Gasteiger partial charge in [-0.2, -0.15) is 0 Å². The molecule has 0 rings (SSSR count). The number of hydrogen-bond donors (Lipinski definition) is 0. The van der Waals surface area contributed by atoms with Crippen LogP contribution in [-0.2, 0) is 4.43 Å². The van der Waals surface area contributed by atoms with E-state index in [0.29, 0.717) is 0 Å². The highest BCUT2D eigenvalue weighted by molar-refractivity contribution is 6.71. The van der Waals surface area contributed by atoms with Crippen LogP contribution in [-0.4, -0.2) is 68.2 Å². The second-order valence-electron chi connectivity index (χ2n) is 6.91. The Hall–Kier alpha value is 0.314. The van der Waals surface area contributed by atoms with Crippen molar-refractivity contribution in [2.75, 3.05) is 34.8 Å². The van der Waals surface area contributed by atoms with E-state index in [2.05, 4.69) is 58.0 Å². The molecule has 0 spiro atoms. The van der Waals surface area contributed by atoms with Gasteiger partial charge in [0, 0.05) is 12.4 Å². The first-order chi connectivity index (χ1) is 9.30. The van der Waals surface area contributed by atoms with Gasteiger partial charge in [0.25, 0.3) is 0 Å². The summed E-state index contributed by atoms with van der Waals surface area (Å²) in [5.74, 6) is 0.722. The predicted molar refractivity (Wildman–Crippen MR) is 96.9 cm³/mol. The van der Waals surface area contributed by atoms with Crippen LogP contribution in [0.3, 0.4) is 0 Å². The quantitative estimate of drug-likeness (QED) is 0.313. The third-order valence-corrected chi connectivity index (χ3v) is 9.48. The smallest absolute Gasteiger partial charge is 0.186 e. The molecule has 0 radical (unpaired) electrons. The monoisotopic (exact) mass is 318 g/mol. The Morgan fingerprint density at radius 3 is 2.00 bits per heavy atom. The van der Waals surface area contributed by atoms with Crippen molar-refractivity contribution in [3.8, 4) is 0 Å². The molecular formula is C15H38N2OSi2. The topological polar surface area (TPSA) is 15.7 Å². The molecule has 3 nitrogen and oxygen atoms in total. The molecule has 0 unspecified atom stereocenters. The van der Waals surface area contributed by atoms with Gasteiger partial charge in [-0.3, -0.25) is 9.80 Å². The van der Waals surface area contributed by atoms with Gasteiger partial charge >= 0.3 is 0 Å². The molecule has 20 heavy (non-hydrogen) atoms. The Morgan fingerprint density at radius 2 is 1.50 bits per heavy atom. The van der Waals surface area contributed by atoms with Gasteiger partial charge in [-0.15, -0.1) is 0 Å². The number of unbranched alkanes of at least 4 members (excludes halogenated alkanes) is 3. The molecule has 0 aliphatic rings. The lowest BCUT2D eigenvalue weighted by molar-refractivity contribution is 0.200. The lowest BCUT2D eigenvalue weighted by atomic mass is 10.2. The van der Waals surface area contributed by atoms with Crippen molar-refractivity contribution in [3.05, 3.63) is 0 Å². The summed E-state index contributed by atoms with van der Waals surface area (Å²) in [4.78, 5) is 4.75. The molecule has 0 N–H and O–H groups in total. The molecule has 0 amide bonds. The summed E-state index contributed by atoms with van der Waals surface area (Å²) >= 11 is 0. The van der Waals surface area contributed by atoms with E-state index < -0.39 is 8.32 Å². The summed E-state index contributed by atoms with van der Waals surface area (Å²) in [6, 6.07) is 2.81. The summed E-state index contributed by atoms with van der Waals surface area (Å²) in [6.45, 7) is 7.71. The minimum Gasteiger partial charge on any atom is -0.418 e. The molecule has 0 heterocycles. The van der Waals surface area contributed by atoms with Crippen LogP contribution in [0.25, 0.3) is 0 Å². The van der Waals surface area contributed by atoms with Gasteiger partial charge in [0.2, 0.25) is 0 Å². The van der Waals surface area contributed by atoms with E-state index in [4.69, 9.17) is 4.43 Å². The summed E-state index contributed by atoms with van der Waals surface area (Å²) in [5.41, 5.74) is 0. The number of nitrogens with zero attached hydrogens (tertiary/aromatic N) is 2. The van der Waals surface area contributed by atoms with Crippen LogP contribution < -0.4 is 0 Å². The highest BCUT2D eigenvalue weighted by atomic mass is 28.4. The second-order valence-corrected chi connectivity index (χ2v) is 13.2. The Kier molecular flexibility index (Phi) is 11.1. The van der Waals surface area contributed by atoms with Gasteiger partial charge < -0.3 is 4.43 Å². The summed E-state index contributed by atoms with van der Waals surface area (Å²) < 4.78 is 5.88. The fourth-order valence-corrected chi connectivity index (χ4v) is 6.92. The third-order valence-electron chi connectivity index (χ3n) is 3.97. The van der Waals surface area contributed by atoms with Crippen molar-refractivity contribution in [2.45, 2.75) is 63.6 Å². The minimum atomic E-state index is -1.32. The molecule has 122 valence electrons. The Labute approximate surface area is 131 Å². The van der Waals surface area contributed by atoms with Gasteiger partial charge in [0.15, 0.2) is 8.32 Å². The third kappa shape index (κ3) is 10.1. The van der Waals surface area contributed by atoms with E-state index in [-0.39, 0.29) is 9.52 Å². The first kappa shape index (κ1) is 20.3. The first-order valence-corrected chi connectivity index (χ1v) is 13.2. The summed E-state index contributed by atoms with van der Waals surface area (Å²) in [7, 11) is 7.50. The van der Waals surface area contributed by atoms with E-state index in [1.54, 1.807) is 0 Å². The number of rotatable bonds is 12. The van der Waals surface area contributed by atoms with E-state index >= 15 is 0 Å². The van der Waals surface area contributed by atoms with E-state index in [0.717, 1.165) is 12.4 Å². The largest absolute Gasteiger partial charge is 0.418 e. The van der Waals surface area contributed by atoms with Crippen LogP contribution in [0.5, 0.6) is 0 Å². The van der Waals surface area contributed by atoms with Gasteiger partial charge in [-0.05, 0) is 54.3 Å². The second kappa shape index (κ2) is 11.0. The lowest BCUT2D eigenvalue weighted by Crippen LogP contribution is -2.44. The zero-order valence-electron chi connectivity index (χ0n) is 15.0. The maximum atomic E-state index is 5.88. The van der Waals surface area contributed by atoms with Crippen molar-refractivity contribution in [1.82, 2.24) is 9.80 Å². The van der Waals surface area contributed by atoms with Crippen LogP contribution in [0.1, 0.15) is 32.6 Å². The van der Waals surface area contributed by atoms with Crippen molar-refractivity contribution < 1.29 is 4.43 Å². The van der Waals surface area contributed by atoms with Crippen LogP contribution >= 0.6 is 0 Å². The zero-order valence-corrected chi connectivity index (χ0v) is 17.5. The maximum absolute atomic E-state index is 5.88. The van der Waals surface area contributed by atoms with Crippen LogP contribution in [0.4, 0.5) is 0 Å². The standard InChI is InChI=1S/C15H38N2OSi2/c1-8-18-20(6,7)14-12-10-9-11-13-19-15(16(2)3)17(4)5/h15H,8-14,19H2,1-7H3. The maximum Gasteiger partial charge on any atom is 0.186 e. The molecule has 0 aromatic rings. The molecule has 0 aromatic heterocycles. The minimum absolute atomic E-state index is 0.00355. The molecule has 0 saturated heterocycles. The van der Waals surface area contributed by atoms with Gasteiger partial charge in [0.05, 0.1) is 9.52 Å². The predicted octanol–water partition coefficient (Wildman–Crippen LogP) is 2.78. The van der Waals surface area contributed by atoms with Crippen molar-refractivity contribution in [1.29, 1.82) is 0 Å². The average Bonchev–Trinajstić information content (AvgIpc) is 2.31. The Morgan fingerprint density at radius 1 is 0.950 bits per heavy atom. The highest BCUT2D eigenvalue weighted by Gasteiger charge is 2.20. The van der Waals surface area contributed by atoms with Gasteiger partial charge in [0.1, 0.15) is 0 Å². The Balaban J connectivity index is 3.58. The average molecular weight is 319 g/mol. The van der Waals surface area contributed by atoms with Gasteiger partial charge in [-0.25, -0.2) is 0 Å². The molecule has 5 heteroatoms. The fourth-order valence-electron chi connectivity index (χ4n) is 2.85. The van der Waals surface area contributed by atoms with Crippen LogP contribution in [0, 0.1) is 0 Å². The molecule has 0 aliphatic carbocycles. The molecule has 0 fully saturated rings. The van der Waals surface area contributed by atoms with Gasteiger partial charge in [-0.1, -0.05) is 31.7 Å². The van der Waals surface area contributed by atoms with Crippen molar-refractivity contribution >= 4 is 17.8 Å². The molecule has 0 bridgehead atoms. The molecule has 0 saturated carbocycles. The van der Waals surface area contributed by atoms with E-state index in [1.165, 1.54) is 37.8 Å². The van der Waals surface area contributed by atoms with Crippen molar-refractivity contribution in [3.63, 3.8) is 0 Å². The van der Waals surface area contributed by atoms with Crippen LogP contribution in [0.15, 0.2) is 0 Å². The first-order valence-electron chi connectivity index (χ1n) is 8.27. The molecule has 0 atom stereocenters. The van der Waals surface area contributed by atoms with E-state index in [1.807, 2.05) is 0 Å². The zero-order chi connectivity index (χ0) is 15.6. The summed E-state index contributed by atoms with van der Waals surface area (Å²) in [6.07, 6.45) is 5.61. The summed E-state index contributed by atoms with van der Waals surface area (Å²) in [5, 5.41) is 0. The van der Waals surface area contributed by atoms with Crippen molar-refractivity contribution in [2.24, 2.45) is 0 Å². The normalized spacial score (nSPS) is 13.5. The van der Waals surface area contributed by atoms with Crippen LogP contribution in [0.2, 0.25) is 25.2 Å². The molecule has 0 aliphatic heterocycles. The molecular weight excluding hydrogens is 280 g/mol.